The van der Waals surface area contributed by atoms with Crippen LogP contribution >= 0.6 is 22.9 Å². The number of hydrogen-bond donors (Lipinski definition) is 1. The standard InChI is InChI=1S/C13H14ClNOS/c1-8-5-9(2)12(6-11(8)15)16-7-13-10(14)3-4-17-13/h3-6H,7,15H2,1-2H3. The molecule has 17 heavy (non-hydrogen) atoms. The van der Waals surface area contributed by atoms with Crippen LogP contribution in [0.1, 0.15) is 16.0 Å². The van der Waals surface area contributed by atoms with E-state index in [0.29, 0.717) is 6.61 Å². The van der Waals surface area contributed by atoms with Gasteiger partial charge in [0.25, 0.3) is 0 Å². The van der Waals surface area contributed by atoms with Crippen molar-refractivity contribution in [2.75, 3.05) is 5.73 Å². The molecule has 0 spiro atoms. The molecule has 0 fully saturated rings. The summed E-state index contributed by atoms with van der Waals surface area (Å²) in [6.07, 6.45) is 0. The van der Waals surface area contributed by atoms with Crippen molar-refractivity contribution in [1.29, 1.82) is 0 Å². The maximum atomic E-state index is 6.01. The highest BCUT2D eigenvalue weighted by Gasteiger charge is 2.06. The van der Waals surface area contributed by atoms with E-state index >= 15 is 0 Å². The van der Waals surface area contributed by atoms with E-state index in [1.54, 1.807) is 11.3 Å². The largest absolute Gasteiger partial charge is 0.488 e. The van der Waals surface area contributed by atoms with Crippen molar-refractivity contribution in [3.05, 3.63) is 44.6 Å². The fraction of sp³-hybridized carbons (Fsp3) is 0.231. The highest BCUT2D eigenvalue weighted by atomic mass is 35.5. The minimum atomic E-state index is 0.486. The van der Waals surface area contributed by atoms with Crippen molar-refractivity contribution in [2.24, 2.45) is 0 Å². The Morgan fingerprint density at radius 3 is 2.71 bits per heavy atom. The second kappa shape index (κ2) is 4.98. The van der Waals surface area contributed by atoms with Crippen molar-refractivity contribution in [3.63, 3.8) is 0 Å². The van der Waals surface area contributed by atoms with Crippen molar-refractivity contribution >= 4 is 28.6 Å². The predicted molar refractivity (Wildman–Crippen MR) is 74.0 cm³/mol. The van der Waals surface area contributed by atoms with E-state index in [1.807, 2.05) is 37.4 Å². The number of rotatable bonds is 3. The van der Waals surface area contributed by atoms with E-state index in [4.69, 9.17) is 22.1 Å². The van der Waals surface area contributed by atoms with Gasteiger partial charge in [-0.05, 0) is 36.4 Å². The number of benzene rings is 1. The third kappa shape index (κ3) is 2.73. The van der Waals surface area contributed by atoms with Gasteiger partial charge >= 0.3 is 0 Å². The Bertz CT molecular complexity index is 536. The zero-order valence-corrected chi connectivity index (χ0v) is 11.4. The Balaban J connectivity index is 2.14. The lowest BCUT2D eigenvalue weighted by atomic mass is 10.1. The summed E-state index contributed by atoms with van der Waals surface area (Å²) in [5.74, 6) is 0.817. The molecule has 90 valence electrons. The van der Waals surface area contributed by atoms with Crippen LogP contribution in [0.5, 0.6) is 5.75 Å². The van der Waals surface area contributed by atoms with Gasteiger partial charge in [0.05, 0.1) is 9.90 Å². The Morgan fingerprint density at radius 2 is 2.06 bits per heavy atom. The molecule has 1 aromatic heterocycles. The second-order valence-corrected chi connectivity index (χ2v) is 5.36. The highest BCUT2D eigenvalue weighted by Crippen LogP contribution is 2.28. The Labute approximate surface area is 110 Å². The minimum Gasteiger partial charge on any atom is -0.488 e. The number of anilines is 1. The van der Waals surface area contributed by atoms with Crippen LogP contribution < -0.4 is 10.5 Å². The molecule has 0 saturated heterocycles. The molecule has 2 aromatic rings. The first-order valence-electron chi connectivity index (χ1n) is 5.29. The van der Waals surface area contributed by atoms with Crippen LogP contribution in [0.25, 0.3) is 0 Å². The minimum absolute atomic E-state index is 0.486. The number of thiophene rings is 1. The van der Waals surface area contributed by atoms with Crippen LogP contribution in [0.15, 0.2) is 23.6 Å². The molecule has 0 saturated carbocycles. The maximum absolute atomic E-state index is 6.01. The summed E-state index contributed by atoms with van der Waals surface area (Å²) >= 11 is 7.60. The van der Waals surface area contributed by atoms with Gasteiger partial charge in [-0.15, -0.1) is 11.3 Å². The third-order valence-electron chi connectivity index (χ3n) is 2.61. The normalized spacial score (nSPS) is 10.5. The molecule has 0 bridgehead atoms. The number of nitrogen functional groups attached to an aromatic ring is 1. The van der Waals surface area contributed by atoms with Crippen LogP contribution in [0.3, 0.4) is 0 Å². The topological polar surface area (TPSA) is 35.2 Å². The van der Waals surface area contributed by atoms with E-state index < -0.39 is 0 Å². The van der Waals surface area contributed by atoms with Crippen molar-refractivity contribution in [1.82, 2.24) is 0 Å². The van der Waals surface area contributed by atoms with Gasteiger partial charge in [0.2, 0.25) is 0 Å². The summed E-state index contributed by atoms with van der Waals surface area (Å²) in [6.45, 7) is 4.49. The smallest absolute Gasteiger partial charge is 0.124 e. The summed E-state index contributed by atoms with van der Waals surface area (Å²) in [6, 6.07) is 5.77. The fourth-order valence-corrected chi connectivity index (χ4v) is 2.58. The van der Waals surface area contributed by atoms with Crippen LogP contribution in [-0.4, -0.2) is 0 Å². The molecule has 2 N–H and O–H groups in total. The molecule has 1 heterocycles. The Morgan fingerprint density at radius 1 is 1.29 bits per heavy atom. The van der Waals surface area contributed by atoms with Crippen LogP contribution in [0, 0.1) is 13.8 Å². The average molecular weight is 268 g/mol. The molecule has 0 radical (unpaired) electrons. The first-order chi connectivity index (χ1) is 8.08. The van der Waals surface area contributed by atoms with Crippen molar-refractivity contribution in [2.45, 2.75) is 20.5 Å². The van der Waals surface area contributed by atoms with Gasteiger partial charge < -0.3 is 10.5 Å². The summed E-state index contributed by atoms with van der Waals surface area (Å²) in [5.41, 5.74) is 8.78. The van der Waals surface area contributed by atoms with Gasteiger partial charge in [0.15, 0.2) is 0 Å². The summed E-state index contributed by atoms with van der Waals surface area (Å²) < 4.78 is 5.74. The van der Waals surface area contributed by atoms with Gasteiger partial charge in [-0.1, -0.05) is 17.7 Å². The van der Waals surface area contributed by atoms with E-state index in [9.17, 15) is 0 Å². The summed E-state index contributed by atoms with van der Waals surface area (Å²) in [4.78, 5) is 1.03. The average Bonchev–Trinajstić information content (AvgIpc) is 2.68. The molecule has 0 unspecified atom stereocenters. The molecule has 2 rings (SSSR count). The van der Waals surface area contributed by atoms with Crippen LogP contribution in [0.2, 0.25) is 5.02 Å². The zero-order chi connectivity index (χ0) is 12.4. The number of hydrogen-bond acceptors (Lipinski definition) is 3. The molecular formula is C13H14ClNOS. The molecule has 2 nitrogen and oxygen atoms in total. The zero-order valence-electron chi connectivity index (χ0n) is 9.79. The maximum Gasteiger partial charge on any atom is 0.124 e. The molecule has 0 aliphatic carbocycles. The van der Waals surface area contributed by atoms with Gasteiger partial charge in [0.1, 0.15) is 12.4 Å². The van der Waals surface area contributed by atoms with Gasteiger partial charge in [-0.25, -0.2) is 0 Å². The quantitative estimate of drug-likeness (QED) is 0.847. The lowest BCUT2D eigenvalue weighted by molar-refractivity contribution is 0.308. The molecule has 0 aliphatic heterocycles. The highest BCUT2D eigenvalue weighted by molar-refractivity contribution is 7.10. The number of halogens is 1. The van der Waals surface area contributed by atoms with E-state index in [-0.39, 0.29) is 0 Å². The lowest BCUT2D eigenvalue weighted by Gasteiger charge is -2.11. The third-order valence-corrected chi connectivity index (χ3v) is 3.97. The molecule has 0 atom stereocenters. The summed E-state index contributed by atoms with van der Waals surface area (Å²) in [7, 11) is 0. The predicted octanol–water partition coefficient (Wildman–Crippen LogP) is 4.18. The van der Waals surface area contributed by atoms with Crippen LogP contribution in [0.4, 0.5) is 5.69 Å². The Kier molecular flexibility index (Phi) is 3.60. The van der Waals surface area contributed by atoms with E-state index in [1.165, 1.54) is 0 Å². The first-order valence-corrected chi connectivity index (χ1v) is 6.55. The fourth-order valence-electron chi connectivity index (χ4n) is 1.58. The van der Waals surface area contributed by atoms with Gasteiger partial charge in [0, 0.05) is 11.8 Å². The lowest BCUT2D eigenvalue weighted by Crippen LogP contribution is -1.98. The van der Waals surface area contributed by atoms with Crippen LogP contribution in [-0.2, 0) is 6.61 Å². The summed E-state index contributed by atoms with van der Waals surface area (Å²) in [5, 5.41) is 2.71. The molecular weight excluding hydrogens is 254 g/mol. The van der Waals surface area contributed by atoms with Gasteiger partial charge in [-0.2, -0.15) is 0 Å². The van der Waals surface area contributed by atoms with E-state index in [2.05, 4.69) is 0 Å². The molecule has 0 aliphatic rings. The Hall–Kier alpha value is -1.19. The molecule has 1 aromatic carbocycles. The number of nitrogens with two attached hydrogens (primary N) is 1. The monoisotopic (exact) mass is 267 g/mol. The first kappa shape index (κ1) is 12.3. The van der Waals surface area contributed by atoms with Crippen molar-refractivity contribution in [3.8, 4) is 5.75 Å². The van der Waals surface area contributed by atoms with Crippen molar-refractivity contribution < 1.29 is 4.74 Å². The molecule has 4 heteroatoms. The second-order valence-electron chi connectivity index (χ2n) is 3.95. The number of ether oxygens (including phenoxy) is 1. The SMILES string of the molecule is Cc1cc(C)c(OCc2sccc2Cl)cc1N. The van der Waals surface area contributed by atoms with Gasteiger partial charge in [-0.3, -0.25) is 0 Å². The van der Waals surface area contributed by atoms with E-state index in [0.717, 1.165) is 32.5 Å². The number of aryl methyl sites for hydroxylation is 2. The molecule has 0 amide bonds.